The number of anilines is 1. The van der Waals surface area contributed by atoms with Crippen molar-refractivity contribution in [3.05, 3.63) is 29.3 Å². The van der Waals surface area contributed by atoms with Gasteiger partial charge < -0.3 is 9.64 Å². The Morgan fingerprint density at radius 1 is 1.32 bits per heavy atom. The fourth-order valence-electron chi connectivity index (χ4n) is 3.06. The normalized spacial score (nSPS) is 22.8. The zero-order valence-electron chi connectivity index (χ0n) is 13.6. The van der Waals surface area contributed by atoms with Crippen molar-refractivity contribution >= 4 is 5.69 Å². The van der Waals surface area contributed by atoms with Crippen LogP contribution in [0.1, 0.15) is 17.5 Å². The van der Waals surface area contributed by atoms with Gasteiger partial charge in [-0.15, -0.1) is 0 Å². The summed E-state index contributed by atoms with van der Waals surface area (Å²) in [5.41, 5.74) is 4.10. The number of hydrogen-bond donors (Lipinski definition) is 0. The summed E-state index contributed by atoms with van der Waals surface area (Å²) in [5.74, 6) is 0. The third-order valence-corrected chi connectivity index (χ3v) is 4.19. The van der Waals surface area contributed by atoms with Gasteiger partial charge in [0.15, 0.2) is 0 Å². The molecule has 0 spiro atoms. The molecule has 1 fully saturated rings. The van der Waals surface area contributed by atoms with E-state index in [0.717, 1.165) is 19.5 Å². The minimum absolute atomic E-state index is 0.0630. The second-order valence-corrected chi connectivity index (χ2v) is 5.95. The van der Waals surface area contributed by atoms with Crippen LogP contribution in [0, 0.1) is 0 Å². The lowest BCUT2D eigenvalue weighted by Gasteiger charge is -2.35. The van der Waals surface area contributed by atoms with Crippen LogP contribution in [0.15, 0.2) is 18.2 Å². The van der Waals surface area contributed by atoms with E-state index in [1.54, 1.807) is 12.3 Å². The van der Waals surface area contributed by atoms with Crippen molar-refractivity contribution in [3.63, 3.8) is 0 Å². The molecule has 6 nitrogen and oxygen atoms in total. The number of ether oxygens (including phenoxy) is 1. The summed E-state index contributed by atoms with van der Waals surface area (Å²) in [7, 11) is 5.87. The standard InChI is InChI=1S/C16H25N3O3/c1-17(2)15-6-4-5-13-11-18(12-14(13)15)16-7-9-21-19(22-16)8-10-20-3/h4-6,16H,7-12H2,1-3H3. The Morgan fingerprint density at radius 3 is 2.95 bits per heavy atom. The molecule has 6 heteroatoms. The molecule has 22 heavy (non-hydrogen) atoms. The number of hydroxylamine groups is 2. The highest BCUT2D eigenvalue weighted by atomic mass is 17.0. The highest BCUT2D eigenvalue weighted by Crippen LogP contribution is 2.33. The predicted octanol–water partition coefficient (Wildman–Crippen LogP) is 1.61. The molecule has 1 aromatic rings. The maximum absolute atomic E-state index is 5.95. The number of hydrogen-bond acceptors (Lipinski definition) is 6. The summed E-state index contributed by atoms with van der Waals surface area (Å²) in [6.07, 6.45) is 0.947. The molecule has 0 bridgehead atoms. The summed E-state index contributed by atoms with van der Waals surface area (Å²) in [6, 6.07) is 6.52. The molecule has 1 atom stereocenters. The Hall–Kier alpha value is -1.18. The van der Waals surface area contributed by atoms with Crippen molar-refractivity contribution in [2.75, 3.05) is 45.9 Å². The van der Waals surface area contributed by atoms with Gasteiger partial charge in [-0.1, -0.05) is 17.4 Å². The first-order valence-electron chi connectivity index (χ1n) is 7.77. The molecule has 3 rings (SSSR count). The van der Waals surface area contributed by atoms with Crippen LogP contribution in [-0.2, 0) is 27.5 Å². The fraction of sp³-hybridized carbons (Fsp3) is 0.625. The molecule has 2 aliphatic rings. The van der Waals surface area contributed by atoms with E-state index in [2.05, 4.69) is 42.1 Å². The Labute approximate surface area is 132 Å². The second-order valence-electron chi connectivity index (χ2n) is 5.95. The van der Waals surface area contributed by atoms with Crippen LogP contribution in [0.2, 0.25) is 0 Å². The van der Waals surface area contributed by atoms with Crippen LogP contribution in [0.5, 0.6) is 0 Å². The maximum atomic E-state index is 5.95. The molecule has 1 aromatic carbocycles. The van der Waals surface area contributed by atoms with E-state index < -0.39 is 0 Å². The zero-order valence-corrected chi connectivity index (χ0v) is 13.6. The average molecular weight is 307 g/mol. The van der Waals surface area contributed by atoms with Crippen molar-refractivity contribution in [1.82, 2.24) is 10.1 Å². The summed E-state index contributed by atoms with van der Waals surface area (Å²) >= 11 is 0. The van der Waals surface area contributed by atoms with E-state index in [-0.39, 0.29) is 6.23 Å². The third-order valence-electron chi connectivity index (χ3n) is 4.19. The van der Waals surface area contributed by atoms with Crippen molar-refractivity contribution in [2.45, 2.75) is 25.7 Å². The van der Waals surface area contributed by atoms with Crippen molar-refractivity contribution in [1.29, 1.82) is 0 Å². The van der Waals surface area contributed by atoms with Crippen molar-refractivity contribution < 1.29 is 14.4 Å². The topological polar surface area (TPSA) is 37.4 Å². The first-order chi connectivity index (χ1) is 10.7. The van der Waals surface area contributed by atoms with Crippen LogP contribution < -0.4 is 4.90 Å². The van der Waals surface area contributed by atoms with Gasteiger partial charge in [-0.3, -0.25) is 14.6 Å². The molecular weight excluding hydrogens is 282 g/mol. The molecule has 0 aromatic heterocycles. The lowest BCUT2D eigenvalue weighted by molar-refractivity contribution is -0.433. The van der Waals surface area contributed by atoms with Crippen molar-refractivity contribution in [2.24, 2.45) is 0 Å². The van der Waals surface area contributed by atoms with E-state index in [1.165, 1.54) is 16.8 Å². The molecule has 1 unspecified atom stereocenters. The van der Waals surface area contributed by atoms with Crippen LogP contribution in [0.4, 0.5) is 5.69 Å². The van der Waals surface area contributed by atoms with Crippen LogP contribution >= 0.6 is 0 Å². The van der Waals surface area contributed by atoms with Gasteiger partial charge in [-0.25, -0.2) is 0 Å². The van der Waals surface area contributed by atoms with Gasteiger partial charge in [0.2, 0.25) is 0 Å². The number of fused-ring (bicyclic) bond motifs is 1. The lowest BCUT2D eigenvalue weighted by atomic mass is 10.1. The largest absolute Gasteiger partial charge is 0.383 e. The lowest BCUT2D eigenvalue weighted by Crippen LogP contribution is -2.45. The SMILES string of the molecule is COCCN1OCCC(N2Cc3cccc(N(C)C)c3C2)O1. The average Bonchev–Trinajstić information content (AvgIpc) is 2.97. The number of rotatable bonds is 5. The highest BCUT2D eigenvalue weighted by Gasteiger charge is 2.32. The van der Waals surface area contributed by atoms with Gasteiger partial charge in [-0.2, -0.15) is 0 Å². The molecule has 2 heterocycles. The monoisotopic (exact) mass is 307 g/mol. The Morgan fingerprint density at radius 2 is 2.18 bits per heavy atom. The molecule has 1 saturated heterocycles. The Bertz CT molecular complexity index is 509. The minimum Gasteiger partial charge on any atom is -0.383 e. The van der Waals surface area contributed by atoms with Gasteiger partial charge in [0.05, 0.1) is 19.8 Å². The molecule has 0 radical (unpaired) electrons. The van der Waals surface area contributed by atoms with Crippen LogP contribution in [-0.4, -0.2) is 57.3 Å². The maximum Gasteiger partial charge on any atom is 0.137 e. The summed E-state index contributed by atoms with van der Waals surface area (Å²) in [5, 5.41) is 1.56. The second kappa shape index (κ2) is 6.93. The number of methoxy groups -OCH3 is 1. The predicted molar refractivity (Wildman–Crippen MR) is 84.0 cm³/mol. The number of benzene rings is 1. The van der Waals surface area contributed by atoms with Gasteiger partial charge in [0.25, 0.3) is 0 Å². The molecule has 0 aliphatic carbocycles. The van der Waals surface area contributed by atoms with Gasteiger partial charge >= 0.3 is 0 Å². The zero-order chi connectivity index (χ0) is 15.5. The van der Waals surface area contributed by atoms with Crippen LogP contribution in [0.25, 0.3) is 0 Å². The minimum atomic E-state index is 0.0630. The summed E-state index contributed by atoms with van der Waals surface area (Å²) in [4.78, 5) is 16.0. The third kappa shape index (κ3) is 3.26. The van der Waals surface area contributed by atoms with Gasteiger partial charge in [0.1, 0.15) is 6.23 Å². The summed E-state index contributed by atoms with van der Waals surface area (Å²) < 4.78 is 5.08. The van der Waals surface area contributed by atoms with E-state index in [9.17, 15) is 0 Å². The molecule has 0 saturated carbocycles. The summed E-state index contributed by atoms with van der Waals surface area (Å²) in [6.45, 7) is 3.75. The Kier molecular flexibility index (Phi) is 4.95. The highest BCUT2D eigenvalue weighted by molar-refractivity contribution is 5.57. The Balaban J connectivity index is 1.66. The molecule has 0 amide bonds. The number of nitrogens with zero attached hydrogens (tertiary/aromatic N) is 3. The van der Waals surface area contributed by atoms with Crippen LogP contribution in [0.3, 0.4) is 0 Å². The van der Waals surface area contributed by atoms with E-state index in [4.69, 9.17) is 14.4 Å². The quantitative estimate of drug-likeness (QED) is 0.823. The van der Waals surface area contributed by atoms with Gasteiger partial charge in [-0.05, 0) is 17.2 Å². The molecule has 0 N–H and O–H groups in total. The van der Waals surface area contributed by atoms with Crippen molar-refractivity contribution in [3.8, 4) is 0 Å². The first-order valence-corrected chi connectivity index (χ1v) is 7.77. The first kappa shape index (κ1) is 15.7. The van der Waals surface area contributed by atoms with E-state index in [1.807, 2.05) is 0 Å². The van der Waals surface area contributed by atoms with E-state index in [0.29, 0.717) is 19.8 Å². The molecule has 2 aliphatic heterocycles. The molecular formula is C16H25N3O3. The fourth-order valence-corrected chi connectivity index (χ4v) is 3.06. The van der Waals surface area contributed by atoms with E-state index >= 15 is 0 Å². The molecule has 122 valence electrons. The van der Waals surface area contributed by atoms with Gasteiger partial charge in [0, 0.05) is 46.4 Å². The smallest absolute Gasteiger partial charge is 0.137 e.